The van der Waals surface area contributed by atoms with Crippen molar-refractivity contribution in [2.24, 2.45) is 0 Å². The highest BCUT2D eigenvalue weighted by molar-refractivity contribution is 9.10. The summed E-state index contributed by atoms with van der Waals surface area (Å²) in [6.45, 7) is 4.33. The second kappa shape index (κ2) is 9.81. The SMILES string of the molecule is COc1cc(C2c3c(oc4ccc(Cl)cc4c3=O)C(=O)N2CCCN2CCOCC2)cc(Br)c1O. The number of methoxy groups -OCH3 is 1. The van der Waals surface area contributed by atoms with Crippen molar-refractivity contribution in [3.63, 3.8) is 0 Å². The molecule has 2 aliphatic heterocycles. The molecule has 3 aromatic rings. The van der Waals surface area contributed by atoms with Crippen molar-refractivity contribution >= 4 is 44.4 Å². The summed E-state index contributed by atoms with van der Waals surface area (Å²) in [6.07, 6.45) is 0.714. The molecule has 10 heteroatoms. The zero-order chi connectivity index (χ0) is 24.7. The van der Waals surface area contributed by atoms with Gasteiger partial charge in [0.05, 0.1) is 41.8 Å². The van der Waals surface area contributed by atoms with Crippen LogP contribution in [0.25, 0.3) is 11.0 Å². The molecule has 2 aliphatic rings. The number of hydrogen-bond acceptors (Lipinski definition) is 7. The van der Waals surface area contributed by atoms with Gasteiger partial charge in [-0.3, -0.25) is 14.5 Å². The van der Waals surface area contributed by atoms with Crippen LogP contribution >= 0.6 is 27.5 Å². The highest BCUT2D eigenvalue weighted by Crippen LogP contribution is 2.43. The number of hydrogen-bond donors (Lipinski definition) is 1. The molecule has 1 fully saturated rings. The Balaban J connectivity index is 1.59. The highest BCUT2D eigenvalue weighted by Gasteiger charge is 2.43. The van der Waals surface area contributed by atoms with E-state index >= 15 is 0 Å². The van der Waals surface area contributed by atoms with Crippen molar-refractivity contribution in [2.45, 2.75) is 12.5 Å². The lowest BCUT2D eigenvalue weighted by molar-refractivity contribution is 0.0353. The monoisotopic (exact) mass is 562 g/mol. The van der Waals surface area contributed by atoms with E-state index < -0.39 is 6.04 Å². The first-order chi connectivity index (χ1) is 16.9. The Hall–Kier alpha value is -2.59. The summed E-state index contributed by atoms with van der Waals surface area (Å²) in [5.74, 6) is -0.137. The predicted molar refractivity (Wildman–Crippen MR) is 135 cm³/mol. The number of halogens is 2. The minimum absolute atomic E-state index is 0.0318. The van der Waals surface area contributed by atoms with Crippen LogP contribution in [0.1, 0.15) is 34.1 Å². The maximum atomic E-state index is 13.7. The summed E-state index contributed by atoms with van der Waals surface area (Å²) in [7, 11) is 1.45. The summed E-state index contributed by atoms with van der Waals surface area (Å²) in [5, 5.41) is 11.0. The Morgan fingerprint density at radius 1 is 1.17 bits per heavy atom. The van der Waals surface area contributed by atoms with Crippen molar-refractivity contribution in [1.29, 1.82) is 0 Å². The Morgan fingerprint density at radius 2 is 1.94 bits per heavy atom. The average molecular weight is 564 g/mol. The first-order valence-corrected chi connectivity index (χ1v) is 12.5. The molecule has 3 heterocycles. The fourth-order valence-electron chi connectivity index (χ4n) is 4.77. The van der Waals surface area contributed by atoms with Crippen LogP contribution < -0.4 is 10.2 Å². The second-order valence-electron chi connectivity index (χ2n) is 8.58. The van der Waals surface area contributed by atoms with E-state index in [0.717, 1.165) is 19.6 Å². The van der Waals surface area contributed by atoms with Crippen molar-refractivity contribution in [1.82, 2.24) is 9.80 Å². The molecule has 35 heavy (non-hydrogen) atoms. The van der Waals surface area contributed by atoms with Gasteiger partial charge in [-0.1, -0.05) is 11.6 Å². The van der Waals surface area contributed by atoms with E-state index in [1.165, 1.54) is 7.11 Å². The molecule has 0 bridgehead atoms. The molecule has 184 valence electrons. The maximum absolute atomic E-state index is 13.7. The minimum Gasteiger partial charge on any atom is -0.503 e. The second-order valence-corrected chi connectivity index (χ2v) is 9.87. The lowest BCUT2D eigenvalue weighted by Crippen LogP contribution is -2.38. The minimum atomic E-state index is -0.701. The maximum Gasteiger partial charge on any atom is 0.290 e. The first kappa shape index (κ1) is 24.1. The number of nitrogens with zero attached hydrogens (tertiary/aromatic N) is 2. The van der Waals surface area contributed by atoms with Crippen LogP contribution in [0.3, 0.4) is 0 Å². The number of amides is 1. The van der Waals surface area contributed by atoms with Crippen molar-refractivity contribution in [3.8, 4) is 11.5 Å². The molecule has 0 saturated carbocycles. The van der Waals surface area contributed by atoms with E-state index in [-0.39, 0.29) is 34.2 Å². The smallest absolute Gasteiger partial charge is 0.290 e. The Bertz CT molecular complexity index is 1350. The van der Waals surface area contributed by atoms with Gasteiger partial charge < -0.3 is 23.9 Å². The zero-order valence-electron chi connectivity index (χ0n) is 19.1. The highest BCUT2D eigenvalue weighted by atomic mass is 79.9. The van der Waals surface area contributed by atoms with Gasteiger partial charge in [0.25, 0.3) is 5.91 Å². The van der Waals surface area contributed by atoms with Gasteiger partial charge in [-0.15, -0.1) is 0 Å². The molecule has 1 unspecified atom stereocenters. The van der Waals surface area contributed by atoms with E-state index in [9.17, 15) is 14.7 Å². The van der Waals surface area contributed by atoms with E-state index in [2.05, 4.69) is 20.8 Å². The number of morpholine rings is 1. The number of carbonyl (C=O) groups is 1. The molecule has 5 rings (SSSR count). The molecule has 0 spiro atoms. The number of carbonyl (C=O) groups excluding carboxylic acids is 1. The first-order valence-electron chi connectivity index (χ1n) is 11.3. The van der Waals surface area contributed by atoms with Gasteiger partial charge in [0.15, 0.2) is 16.9 Å². The Morgan fingerprint density at radius 3 is 2.69 bits per heavy atom. The normalized spacial score (nSPS) is 18.3. The Labute approximate surface area is 215 Å². The quantitative estimate of drug-likeness (QED) is 0.481. The van der Waals surface area contributed by atoms with Crippen LogP contribution in [0, 0.1) is 0 Å². The average Bonchev–Trinajstić information content (AvgIpc) is 3.14. The third-order valence-electron chi connectivity index (χ3n) is 6.49. The molecule has 1 amide bonds. The van der Waals surface area contributed by atoms with Gasteiger partial charge in [0.1, 0.15) is 5.58 Å². The number of aromatic hydroxyl groups is 1. The van der Waals surface area contributed by atoms with Gasteiger partial charge in [-0.05, 0) is 58.2 Å². The van der Waals surface area contributed by atoms with Gasteiger partial charge in [-0.25, -0.2) is 0 Å². The molecule has 2 aromatic carbocycles. The number of ether oxygens (including phenoxy) is 2. The Kier molecular flexibility index (Phi) is 6.76. The van der Waals surface area contributed by atoms with Crippen LogP contribution in [0.4, 0.5) is 0 Å². The molecule has 1 saturated heterocycles. The summed E-state index contributed by atoms with van der Waals surface area (Å²) in [4.78, 5) is 31.2. The molecule has 0 aliphatic carbocycles. The summed E-state index contributed by atoms with van der Waals surface area (Å²) in [5.41, 5.74) is 0.889. The third kappa shape index (κ3) is 4.42. The molecule has 1 aromatic heterocycles. The standard InChI is InChI=1S/C25H24BrClN2O6/c1-33-19-12-14(11-17(26)23(19)31)21-20-22(30)16-13-15(27)3-4-18(16)35-24(20)25(32)29(21)6-2-5-28-7-9-34-10-8-28/h3-4,11-13,21,31H,2,5-10H2,1H3. The number of fused-ring (bicyclic) bond motifs is 2. The van der Waals surface area contributed by atoms with Crippen molar-refractivity contribution in [3.05, 3.63) is 66.9 Å². The number of rotatable bonds is 6. The fraction of sp³-hybridized carbons (Fsp3) is 0.360. The van der Waals surface area contributed by atoms with E-state index in [1.807, 2.05) is 0 Å². The van der Waals surface area contributed by atoms with Gasteiger partial charge in [0, 0.05) is 31.2 Å². The van der Waals surface area contributed by atoms with Crippen LogP contribution in [-0.4, -0.2) is 67.3 Å². The van der Waals surface area contributed by atoms with Crippen LogP contribution in [0.5, 0.6) is 11.5 Å². The lowest BCUT2D eigenvalue weighted by atomic mass is 9.98. The molecule has 0 radical (unpaired) electrons. The van der Waals surface area contributed by atoms with Crippen LogP contribution in [-0.2, 0) is 4.74 Å². The summed E-state index contributed by atoms with van der Waals surface area (Å²) in [6, 6.07) is 7.42. The van der Waals surface area contributed by atoms with Crippen molar-refractivity contribution in [2.75, 3.05) is 46.5 Å². The van der Waals surface area contributed by atoms with Crippen molar-refractivity contribution < 1.29 is 23.8 Å². The molecular formula is C25H24BrClN2O6. The molecule has 8 nitrogen and oxygen atoms in total. The topological polar surface area (TPSA) is 92.5 Å². The molecular weight excluding hydrogens is 540 g/mol. The fourth-order valence-corrected chi connectivity index (χ4v) is 5.40. The molecule has 1 atom stereocenters. The van der Waals surface area contributed by atoms with E-state index in [0.29, 0.717) is 52.2 Å². The molecule has 1 N–H and O–H groups in total. The summed E-state index contributed by atoms with van der Waals surface area (Å²) >= 11 is 9.51. The van der Waals surface area contributed by atoms with Crippen LogP contribution in [0.2, 0.25) is 5.02 Å². The number of benzene rings is 2. The van der Waals surface area contributed by atoms with Crippen LogP contribution in [0.15, 0.2) is 44.0 Å². The van der Waals surface area contributed by atoms with Gasteiger partial charge in [-0.2, -0.15) is 0 Å². The van der Waals surface area contributed by atoms with Gasteiger partial charge >= 0.3 is 0 Å². The zero-order valence-corrected chi connectivity index (χ0v) is 21.4. The third-order valence-corrected chi connectivity index (χ3v) is 7.33. The number of phenols is 1. The van der Waals surface area contributed by atoms with Gasteiger partial charge in [0.2, 0.25) is 5.76 Å². The summed E-state index contributed by atoms with van der Waals surface area (Å²) < 4.78 is 17.1. The van der Waals surface area contributed by atoms with E-state index in [4.69, 9.17) is 25.5 Å². The number of phenolic OH excluding ortho intramolecular Hbond substituents is 1. The lowest BCUT2D eigenvalue weighted by Gasteiger charge is -2.29. The van der Waals surface area contributed by atoms with E-state index in [1.54, 1.807) is 35.2 Å². The largest absolute Gasteiger partial charge is 0.503 e. The predicted octanol–water partition coefficient (Wildman–Crippen LogP) is 4.19.